The third-order valence-corrected chi connectivity index (χ3v) is 6.06. The van der Waals surface area contributed by atoms with Gasteiger partial charge in [0.2, 0.25) is 0 Å². The number of amides is 1. The Morgan fingerprint density at radius 2 is 2.23 bits per heavy atom. The fourth-order valence-electron chi connectivity index (χ4n) is 3.20. The van der Waals surface area contributed by atoms with Crippen LogP contribution < -0.4 is 10.6 Å². The van der Waals surface area contributed by atoms with E-state index < -0.39 is 0 Å². The van der Waals surface area contributed by atoms with Crippen molar-refractivity contribution in [3.63, 3.8) is 0 Å². The fourth-order valence-corrected chi connectivity index (χ4v) is 4.18. The maximum atomic E-state index is 12.4. The third kappa shape index (κ3) is 2.94. The SMILES string of the molecule is Cc1sc(C(=O)NC2(C)COC2)cc1C1CC1NCC1CC1. The number of nitrogens with one attached hydrogen (secondary N) is 2. The van der Waals surface area contributed by atoms with Gasteiger partial charge in [0.25, 0.3) is 5.91 Å². The van der Waals surface area contributed by atoms with Gasteiger partial charge in [0.05, 0.1) is 23.6 Å². The minimum atomic E-state index is -0.178. The molecule has 2 heterocycles. The van der Waals surface area contributed by atoms with E-state index >= 15 is 0 Å². The lowest BCUT2D eigenvalue weighted by atomic mass is 10.0. The zero-order chi connectivity index (χ0) is 15.3. The van der Waals surface area contributed by atoms with E-state index in [4.69, 9.17) is 4.74 Å². The first-order valence-electron chi connectivity index (χ1n) is 8.28. The Bertz CT molecular complexity index is 589. The number of aryl methyl sites for hydroxylation is 1. The molecule has 3 fully saturated rings. The number of rotatable bonds is 6. The molecule has 1 aromatic rings. The van der Waals surface area contributed by atoms with Crippen molar-refractivity contribution in [2.24, 2.45) is 5.92 Å². The van der Waals surface area contributed by atoms with Gasteiger partial charge in [-0.25, -0.2) is 0 Å². The molecule has 4 rings (SSSR count). The lowest BCUT2D eigenvalue weighted by Gasteiger charge is -2.38. The van der Waals surface area contributed by atoms with Gasteiger partial charge in [-0.3, -0.25) is 4.79 Å². The smallest absolute Gasteiger partial charge is 0.261 e. The van der Waals surface area contributed by atoms with Gasteiger partial charge in [-0.1, -0.05) is 0 Å². The van der Waals surface area contributed by atoms with E-state index in [1.807, 2.05) is 6.92 Å². The molecule has 1 saturated heterocycles. The van der Waals surface area contributed by atoms with Crippen LogP contribution in [0, 0.1) is 12.8 Å². The maximum absolute atomic E-state index is 12.4. The molecule has 2 N–H and O–H groups in total. The minimum absolute atomic E-state index is 0.0493. The first-order chi connectivity index (χ1) is 10.5. The molecule has 0 aromatic carbocycles. The van der Waals surface area contributed by atoms with E-state index in [0.717, 1.165) is 10.8 Å². The Labute approximate surface area is 135 Å². The topological polar surface area (TPSA) is 50.4 Å². The van der Waals surface area contributed by atoms with Crippen LogP contribution in [-0.4, -0.2) is 37.2 Å². The van der Waals surface area contributed by atoms with Crippen molar-refractivity contribution in [1.82, 2.24) is 10.6 Å². The van der Waals surface area contributed by atoms with Crippen LogP contribution in [-0.2, 0) is 4.74 Å². The van der Waals surface area contributed by atoms with Crippen molar-refractivity contribution in [2.75, 3.05) is 19.8 Å². The average Bonchev–Trinajstić information content (AvgIpc) is 3.35. The third-order valence-electron chi connectivity index (χ3n) is 4.99. The summed E-state index contributed by atoms with van der Waals surface area (Å²) in [6.07, 6.45) is 4.01. The number of carbonyl (C=O) groups is 1. The van der Waals surface area contributed by atoms with Crippen LogP contribution in [0.1, 0.15) is 52.2 Å². The predicted octanol–water partition coefficient (Wildman–Crippen LogP) is 2.43. The zero-order valence-electron chi connectivity index (χ0n) is 13.3. The van der Waals surface area contributed by atoms with Crippen molar-refractivity contribution in [3.8, 4) is 0 Å². The summed E-state index contributed by atoms with van der Waals surface area (Å²) in [5, 5.41) is 6.78. The quantitative estimate of drug-likeness (QED) is 0.846. The highest BCUT2D eigenvalue weighted by Gasteiger charge is 2.41. The Morgan fingerprint density at radius 1 is 1.45 bits per heavy atom. The minimum Gasteiger partial charge on any atom is -0.376 e. The van der Waals surface area contributed by atoms with Crippen LogP contribution in [0.5, 0.6) is 0 Å². The van der Waals surface area contributed by atoms with Crippen LogP contribution in [0.15, 0.2) is 6.07 Å². The second kappa shape index (κ2) is 5.32. The lowest BCUT2D eigenvalue weighted by Crippen LogP contribution is -2.59. The highest BCUT2D eigenvalue weighted by atomic mass is 32.1. The molecule has 2 aliphatic carbocycles. The summed E-state index contributed by atoms with van der Waals surface area (Å²) >= 11 is 1.62. The number of hydrogen-bond acceptors (Lipinski definition) is 4. The Hall–Kier alpha value is -0.910. The molecule has 0 spiro atoms. The second-order valence-corrected chi connectivity index (χ2v) is 8.69. The van der Waals surface area contributed by atoms with Gasteiger partial charge in [0.1, 0.15) is 0 Å². The predicted molar refractivity (Wildman–Crippen MR) is 87.6 cm³/mol. The number of carbonyl (C=O) groups excluding carboxylic acids is 1. The molecule has 5 heteroatoms. The van der Waals surface area contributed by atoms with Crippen LogP contribution in [0.25, 0.3) is 0 Å². The molecule has 120 valence electrons. The monoisotopic (exact) mass is 320 g/mol. The molecule has 2 atom stereocenters. The van der Waals surface area contributed by atoms with Crippen molar-refractivity contribution in [3.05, 3.63) is 21.4 Å². The summed E-state index contributed by atoms with van der Waals surface area (Å²) in [4.78, 5) is 14.5. The Balaban J connectivity index is 1.37. The van der Waals surface area contributed by atoms with E-state index in [2.05, 4.69) is 23.6 Å². The molecule has 1 aliphatic heterocycles. The van der Waals surface area contributed by atoms with E-state index in [1.165, 1.54) is 36.2 Å². The average molecular weight is 320 g/mol. The molecule has 0 bridgehead atoms. The molecule has 1 aromatic heterocycles. The molecule has 22 heavy (non-hydrogen) atoms. The molecule has 0 radical (unpaired) electrons. The summed E-state index contributed by atoms with van der Waals surface area (Å²) in [5.41, 5.74) is 1.20. The van der Waals surface area contributed by atoms with Crippen molar-refractivity contribution in [1.29, 1.82) is 0 Å². The van der Waals surface area contributed by atoms with Crippen molar-refractivity contribution < 1.29 is 9.53 Å². The summed E-state index contributed by atoms with van der Waals surface area (Å²) in [6.45, 7) is 6.59. The molecule has 4 nitrogen and oxygen atoms in total. The lowest BCUT2D eigenvalue weighted by molar-refractivity contribution is -0.0593. The number of ether oxygens (including phenoxy) is 1. The highest BCUT2D eigenvalue weighted by molar-refractivity contribution is 7.14. The maximum Gasteiger partial charge on any atom is 0.261 e. The van der Waals surface area contributed by atoms with Gasteiger partial charge in [-0.15, -0.1) is 11.3 Å². The second-order valence-electron chi connectivity index (χ2n) is 7.43. The molecular formula is C17H24N2O2S. The van der Waals surface area contributed by atoms with Gasteiger partial charge >= 0.3 is 0 Å². The Kier molecular flexibility index (Phi) is 3.55. The largest absolute Gasteiger partial charge is 0.376 e. The van der Waals surface area contributed by atoms with Crippen molar-refractivity contribution >= 4 is 17.2 Å². The van der Waals surface area contributed by atoms with E-state index in [1.54, 1.807) is 11.3 Å². The Morgan fingerprint density at radius 3 is 2.86 bits per heavy atom. The molecule has 2 unspecified atom stereocenters. The standard InChI is InChI=1S/C17H24N2O2S/c1-10-12(13-5-14(13)18-7-11-3-4-11)6-15(22-10)16(20)19-17(2)8-21-9-17/h6,11,13-14,18H,3-5,7-9H2,1-2H3,(H,19,20). The molecule has 1 amide bonds. The molecule has 2 saturated carbocycles. The van der Waals surface area contributed by atoms with Crippen molar-refractivity contribution in [2.45, 2.75) is 50.6 Å². The number of hydrogen-bond donors (Lipinski definition) is 2. The van der Waals surface area contributed by atoms with E-state index in [0.29, 0.717) is 25.2 Å². The van der Waals surface area contributed by atoms with E-state index in [-0.39, 0.29) is 11.4 Å². The highest BCUT2D eigenvalue weighted by Crippen LogP contribution is 2.45. The van der Waals surface area contributed by atoms with Crippen LogP contribution in [0.2, 0.25) is 0 Å². The first kappa shape index (κ1) is 14.7. The van der Waals surface area contributed by atoms with Gasteiger partial charge < -0.3 is 15.4 Å². The van der Waals surface area contributed by atoms with Gasteiger partial charge in [0, 0.05) is 16.8 Å². The number of thiophene rings is 1. The van der Waals surface area contributed by atoms with Crippen LogP contribution >= 0.6 is 11.3 Å². The normalized spacial score (nSPS) is 29.0. The summed E-state index contributed by atoms with van der Waals surface area (Å²) in [6, 6.07) is 2.74. The van der Waals surface area contributed by atoms with Gasteiger partial charge in [-0.2, -0.15) is 0 Å². The van der Waals surface area contributed by atoms with Crippen LogP contribution in [0.3, 0.4) is 0 Å². The first-order valence-corrected chi connectivity index (χ1v) is 9.10. The van der Waals surface area contributed by atoms with Gasteiger partial charge in [0.15, 0.2) is 0 Å². The van der Waals surface area contributed by atoms with Gasteiger partial charge in [-0.05, 0) is 57.2 Å². The zero-order valence-corrected chi connectivity index (χ0v) is 14.1. The summed E-state index contributed by atoms with van der Waals surface area (Å²) < 4.78 is 5.20. The molecule has 3 aliphatic rings. The van der Waals surface area contributed by atoms with Crippen LogP contribution in [0.4, 0.5) is 0 Å². The summed E-state index contributed by atoms with van der Waals surface area (Å²) in [5.74, 6) is 1.59. The fraction of sp³-hybridized carbons (Fsp3) is 0.706. The molecular weight excluding hydrogens is 296 g/mol. The summed E-state index contributed by atoms with van der Waals surface area (Å²) in [7, 11) is 0. The van der Waals surface area contributed by atoms with E-state index in [9.17, 15) is 4.79 Å².